The third-order valence-electron chi connectivity index (χ3n) is 5.47. The fraction of sp³-hybridized carbons (Fsp3) is 0.192. The minimum absolute atomic E-state index is 0.00834. The number of ether oxygens (including phenoxy) is 2. The Morgan fingerprint density at radius 2 is 1.76 bits per heavy atom. The number of aromatic nitrogens is 1. The predicted molar refractivity (Wildman–Crippen MR) is 143 cm³/mol. The zero-order valence-electron chi connectivity index (χ0n) is 20.6. The summed E-state index contributed by atoms with van der Waals surface area (Å²) < 4.78 is 38.8. The molecule has 192 valence electrons. The van der Waals surface area contributed by atoms with Gasteiger partial charge in [-0.05, 0) is 68.8 Å². The molecular weight excluding hydrogens is 514 g/mol. The number of esters is 1. The molecule has 0 bridgehead atoms. The van der Waals surface area contributed by atoms with E-state index in [2.05, 4.69) is 15.0 Å². The summed E-state index contributed by atoms with van der Waals surface area (Å²) in [5.41, 5.74) is 2.04. The topological polar surface area (TPSA) is 124 Å². The van der Waals surface area contributed by atoms with Gasteiger partial charge in [-0.25, -0.2) is 18.2 Å². The molecule has 0 atom stereocenters. The van der Waals surface area contributed by atoms with Gasteiger partial charge < -0.3 is 14.8 Å². The third kappa shape index (κ3) is 5.42. The van der Waals surface area contributed by atoms with Crippen molar-refractivity contribution in [3.05, 3.63) is 76.3 Å². The van der Waals surface area contributed by atoms with E-state index in [4.69, 9.17) is 9.47 Å². The van der Waals surface area contributed by atoms with E-state index in [1.165, 1.54) is 43.5 Å². The molecule has 1 amide bonds. The quantitative estimate of drug-likeness (QED) is 0.297. The summed E-state index contributed by atoms with van der Waals surface area (Å²) in [6.07, 6.45) is 0. The fourth-order valence-electron chi connectivity index (χ4n) is 3.81. The van der Waals surface area contributed by atoms with Crippen LogP contribution in [0.5, 0.6) is 5.75 Å². The number of pyridine rings is 1. The van der Waals surface area contributed by atoms with Crippen LogP contribution in [0.3, 0.4) is 0 Å². The van der Waals surface area contributed by atoms with Crippen molar-refractivity contribution in [1.29, 1.82) is 0 Å². The van der Waals surface area contributed by atoms with Gasteiger partial charge in [0.1, 0.15) is 15.5 Å². The molecule has 4 rings (SSSR count). The number of carbonyl (C=O) groups is 2. The van der Waals surface area contributed by atoms with E-state index in [0.29, 0.717) is 16.0 Å². The first-order valence-corrected chi connectivity index (χ1v) is 13.6. The van der Waals surface area contributed by atoms with Gasteiger partial charge in [0.15, 0.2) is 0 Å². The number of benzene rings is 2. The first-order chi connectivity index (χ1) is 17.6. The molecule has 0 aliphatic rings. The minimum Gasteiger partial charge on any atom is -0.497 e. The molecule has 11 heteroatoms. The molecule has 0 aliphatic carbocycles. The zero-order valence-corrected chi connectivity index (χ0v) is 22.2. The fourth-order valence-corrected chi connectivity index (χ4v) is 6.04. The Bertz CT molecular complexity index is 1590. The summed E-state index contributed by atoms with van der Waals surface area (Å²) in [5.74, 6) is -0.663. The molecule has 2 N–H and O–H groups in total. The molecule has 0 saturated carbocycles. The highest BCUT2D eigenvalue weighted by Crippen LogP contribution is 2.38. The molecule has 4 aromatic rings. The van der Waals surface area contributed by atoms with E-state index in [9.17, 15) is 18.0 Å². The molecule has 0 radical (unpaired) electrons. The van der Waals surface area contributed by atoms with E-state index < -0.39 is 21.9 Å². The number of anilines is 2. The van der Waals surface area contributed by atoms with Crippen molar-refractivity contribution >= 4 is 54.8 Å². The number of sulfonamides is 1. The Labute approximate surface area is 218 Å². The minimum atomic E-state index is -4.00. The van der Waals surface area contributed by atoms with Crippen molar-refractivity contribution in [1.82, 2.24) is 4.98 Å². The Morgan fingerprint density at radius 1 is 1.05 bits per heavy atom. The van der Waals surface area contributed by atoms with Crippen molar-refractivity contribution < 1.29 is 27.5 Å². The number of rotatable bonds is 8. The Hall–Kier alpha value is -3.96. The average Bonchev–Trinajstić information content (AvgIpc) is 3.22. The molecule has 0 fully saturated rings. The van der Waals surface area contributed by atoms with E-state index in [1.807, 2.05) is 19.9 Å². The lowest BCUT2D eigenvalue weighted by atomic mass is 10.1. The lowest BCUT2D eigenvalue weighted by Crippen LogP contribution is -2.19. The summed E-state index contributed by atoms with van der Waals surface area (Å²) in [5, 5.41) is 3.44. The van der Waals surface area contributed by atoms with Gasteiger partial charge in [-0.15, -0.1) is 11.3 Å². The van der Waals surface area contributed by atoms with Crippen LogP contribution in [0.2, 0.25) is 0 Å². The summed E-state index contributed by atoms with van der Waals surface area (Å²) in [6.45, 7) is 5.58. The van der Waals surface area contributed by atoms with E-state index in [1.54, 1.807) is 19.1 Å². The first-order valence-electron chi connectivity index (χ1n) is 11.3. The summed E-state index contributed by atoms with van der Waals surface area (Å²) in [7, 11) is -2.51. The first kappa shape index (κ1) is 26.1. The summed E-state index contributed by atoms with van der Waals surface area (Å²) in [4.78, 5) is 31.5. The van der Waals surface area contributed by atoms with Gasteiger partial charge in [-0.2, -0.15) is 0 Å². The van der Waals surface area contributed by atoms with Gasteiger partial charge in [0.2, 0.25) is 0 Å². The maximum atomic E-state index is 13.5. The van der Waals surface area contributed by atoms with Crippen LogP contribution in [0.25, 0.3) is 10.2 Å². The second kappa shape index (κ2) is 10.6. The van der Waals surface area contributed by atoms with Crippen LogP contribution >= 0.6 is 11.3 Å². The number of amides is 1. The number of hydrogen-bond acceptors (Lipinski definition) is 8. The van der Waals surface area contributed by atoms with Crippen molar-refractivity contribution in [3.8, 4) is 5.75 Å². The third-order valence-corrected chi connectivity index (χ3v) is 7.92. The van der Waals surface area contributed by atoms with Crippen LogP contribution < -0.4 is 14.8 Å². The number of methoxy groups -OCH3 is 1. The number of nitrogens with one attached hydrogen (secondary N) is 2. The lowest BCUT2D eigenvalue weighted by molar-refractivity contribution is 0.0533. The molecule has 2 aromatic heterocycles. The Balaban J connectivity index is 1.71. The van der Waals surface area contributed by atoms with Gasteiger partial charge in [-0.3, -0.25) is 9.52 Å². The SMILES string of the molecule is CCOC(=O)c1sc2nc(C)cc(C)c2c1NC(=O)c1ccccc1NS(=O)(=O)c1ccc(OC)cc1. The Morgan fingerprint density at radius 3 is 2.43 bits per heavy atom. The van der Waals surface area contributed by atoms with Crippen LogP contribution in [0.1, 0.15) is 38.2 Å². The van der Waals surface area contributed by atoms with Gasteiger partial charge in [0, 0.05) is 11.1 Å². The van der Waals surface area contributed by atoms with Crippen molar-refractivity contribution in [2.24, 2.45) is 0 Å². The molecule has 9 nitrogen and oxygen atoms in total. The largest absolute Gasteiger partial charge is 0.497 e. The molecule has 2 heterocycles. The van der Waals surface area contributed by atoms with Crippen molar-refractivity contribution in [2.75, 3.05) is 23.8 Å². The average molecular weight is 540 g/mol. The van der Waals surface area contributed by atoms with Crippen LogP contribution in [-0.4, -0.2) is 39.0 Å². The molecule has 0 aliphatic heterocycles. The molecule has 0 unspecified atom stereocenters. The maximum absolute atomic E-state index is 13.5. The van der Waals surface area contributed by atoms with Gasteiger partial charge >= 0.3 is 5.97 Å². The normalized spacial score (nSPS) is 11.2. The standard InChI is InChI=1S/C26H25N3O6S2/c1-5-35-26(31)23-22(21-15(2)14-16(3)27-25(21)36-23)28-24(30)19-8-6-7-9-20(19)29-37(32,33)18-12-10-17(34-4)11-13-18/h6-14,29H,5H2,1-4H3,(H,28,30). The molecule has 0 spiro atoms. The van der Waals surface area contributed by atoms with Gasteiger partial charge in [0.25, 0.3) is 15.9 Å². The molecule has 0 saturated heterocycles. The van der Waals surface area contributed by atoms with Crippen LogP contribution in [0, 0.1) is 13.8 Å². The lowest BCUT2D eigenvalue weighted by Gasteiger charge is -2.14. The van der Waals surface area contributed by atoms with E-state index >= 15 is 0 Å². The molecule has 2 aromatic carbocycles. The monoisotopic (exact) mass is 539 g/mol. The van der Waals surface area contributed by atoms with Crippen molar-refractivity contribution in [3.63, 3.8) is 0 Å². The Kier molecular flexibility index (Phi) is 7.46. The predicted octanol–water partition coefficient (Wildman–Crippen LogP) is 5.15. The number of aryl methyl sites for hydroxylation is 2. The number of carbonyl (C=O) groups excluding carboxylic acids is 2. The smallest absolute Gasteiger partial charge is 0.350 e. The second-order valence-corrected chi connectivity index (χ2v) is 10.7. The highest BCUT2D eigenvalue weighted by atomic mass is 32.2. The number of para-hydroxylation sites is 1. The maximum Gasteiger partial charge on any atom is 0.350 e. The second-order valence-electron chi connectivity index (χ2n) is 8.07. The van der Waals surface area contributed by atoms with Crippen LogP contribution in [0.4, 0.5) is 11.4 Å². The number of nitrogens with zero attached hydrogens (tertiary/aromatic N) is 1. The summed E-state index contributed by atoms with van der Waals surface area (Å²) >= 11 is 1.13. The van der Waals surface area contributed by atoms with E-state index in [0.717, 1.165) is 22.6 Å². The number of fused-ring (bicyclic) bond motifs is 1. The highest BCUT2D eigenvalue weighted by Gasteiger charge is 2.25. The van der Waals surface area contributed by atoms with Gasteiger partial charge in [-0.1, -0.05) is 12.1 Å². The molecule has 37 heavy (non-hydrogen) atoms. The number of thiophene rings is 1. The van der Waals surface area contributed by atoms with Crippen molar-refractivity contribution in [2.45, 2.75) is 25.7 Å². The number of hydrogen-bond donors (Lipinski definition) is 2. The van der Waals surface area contributed by atoms with E-state index in [-0.39, 0.29) is 33.3 Å². The summed E-state index contributed by atoms with van der Waals surface area (Å²) in [6, 6.07) is 14.0. The van der Waals surface area contributed by atoms with Crippen LogP contribution in [0.15, 0.2) is 59.5 Å². The zero-order chi connectivity index (χ0) is 26.7. The van der Waals surface area contributed by atoms with Gasteiger partial charge in [0.05, 0.1) is 35.6 Å². The molecular formula is C26H25N3O6S2. The van der Waals surface area contributed by atoms with Crippen LogP contribution in [-0.2, 0) is 14.8 Å². The highest BCUT2D eigenvalue weighted by molar-refractivity contribution is 7.92.